The highest BCUT2D eigenvalue weighted by Gasteiger charge is 2.23. The zero-order chi connectivity index (χ0) is 23.0. The molecule has 1 fully saturated rings. The molecule has 0 unspecified atom stereocenters. The topological polar surface area (TPSA) is 103 Å². The van der Waals surface area contributed by atoms with Crippen molar-refractivity contribution in [2.45, 2.75) is 23.8 Å². The molecule has 0 bridgehead atoms. The van der Waals surface area contributed by atoms with E-state index in [4.69, 9.17) is 15.6 Å². The van der Waals surface area contributed by atoms with Gasteiger partial charge in [-0.05, 0) is 36.4 Å². The van der Waals surface area contributed by atoms with Gasteiger partial charge in [-0.25, -0.2) is 17.9 Å². The first-order valence-electron chi connectivity index (χ1n) is 10.8. The second-order valence-electron chi connectivity index (χ2n) is 8.29. The second kappa shape index (κ2) is 8.40. The van der Waals surface area contributed by atoms with Crippen molar-refractivity contribution >= 4 is 27.0 Å². The van der Waals surface area contributed by atoms with Gasteiger partial charge >= 0.3 is 0 Å². The normalized spacial score (nSPS) is 15.1. The Hall–Kier alpha value is -3.59. The first-order chi connectivity index (χ1) is 15.9. The fraction of sp³-hybridized carbons (Fsp3) is 0.250. The monoisotopic (exact) mass is 463 g/mol. The number of benzene rings is 2. The highest BCUT2D eigenvalue weighted by molar-refractivity contribution is 7.90. The number of anilines is 2. The predicted molar refractivity (Wildman–Crippen MR) is 128 cm³/mol. The maximum absolute atomic E-state index is 12.0. The van der Waals surface area contributed by atoms with Crippen molar-refractivity contribution in [3.63, 3.8) is 0 Å². The Balaban J connectivity index is 1.35. The van der Waals surface area contributed by atoms with Crippen LogP contribution in [0.25, 0.3) is 16.8 Å². The summed E-state index contributed by atoms with van der Waals surface area (Å²) in [6, 6.07) is 18.3. The molecule has 3 heterocycles. The van der Waals surface area contributed by atoms with Crippen molar-refractivity contribution in [2.75, 3.05) is 30.0 Å². The highest BCUT2D eigenvalue weighted by atomic mass is 32.2. The van der Waals surface area contributed by atoms with Crippen LogP contribution in [0, 0.1) is 0 Å². The SMILES string of the molecule is CS(=O)(=O)c1cccc(-c2ccc3cnc(N4CCC(Oc5cccc(N)c5)CC4)nn23)c1. The summed E-state index contributed by atoms with van der Waals surface area (Å²) in [5, 5.41) is 4.77. The summed E-state index contributed by atoms with van der Waals surface area (Å²) in [6.45, 7) is 1.55. The van der Waals surface area contributed by atoms with Gasteiger partial charge in [0.2, 0.25) is 5.95 Å². The Morgan fingerprint density at radius 1 is 1.03 bits per heavy atom. The molecule has 33 heavy (non-hydrogen) atoms. The van der Waals surface area contributed by atoms with E-state index in [1.165, 1.54) is 6.26 Å². The van der Waals surface area contributed by atoms with E-state index in [1.54, 1.807) is 24.4 Å². The summed E-state index contributed by atoms with van der Waals surface area (Å²) in [4.78, 5) is 6.99. The number of piperidine rings is 1. The largest absolute Gasteiger partial charge is 0.490 e. The van der Waals surface area contributed by atoms with Crippen LogP contribution in [0.3, 0.4) is 0 Å². The molecule has 5 rings (SSSR count). The number of nitrogen functional groups attached to an aromatic ring is 1. The molecule has 4 aromatic rings. The lowest BCUT2D eigenvalue weighted by Crippen LogP contribution is -2.39. The van der Waals surface area contributed by atoms with E-state index in [2.05, 4.69) is 9.88 Å². The van der Waals surface area contributed by atoms with Gasteiger partial charge in [0, 0.05) is 49.5 Å². The van der Waals surface area contributed by atoms with E-state index in [-0.39, 0.29) is 11.0 Å². The third kappa shape index (κ3) is 4.49. The van der Waals surface area contributed by atoms with Crippen LogP contribution < -0.4 is 15.4 Å². The van der Waals surface area contributed by atoms with Crippen molar-refractivity contribution in [1.82, 2.24) is 14.6 Å². The lowest BCUT2D eigenvalue weighted by atomic mass is 10.1. The molecule has 1 aliphatic rings. The quantitative estimate of drug-likeness (QED) is 0.452. The van der Waals surface area contributed by atoms with Crippen molar-refractivity contribution < 1.29 is 13.2 Å². The van der Waals surface area contributed by atoms with Gasteiger partial charge in [-0.1, -0.05) is 18.2 Å². The van der Waals surface area contributed by atoms with Crippen LogP contribution in [0.15, 0.2) is 71.8 Å². The highest BCUT2D eigenvalue weighted by Crippen LogP contribution is 2.26. The van der Waals surface area contributed by atoms with Gasteiger partial charge in [0.25, 0.3) is 0 Å². The van der Waals surface area contributed by atoms with E-state index in [0.29, 0.717) is 11.6 Å². The minimum Gasteiger partial charge on any atom is -0.490 e. The van der Waals surface area contributed by atoms with E-state index in [1.807, 2.05) is 47.0 Å². The summed E-state index contributed by atoms with van der Waals surface area (Å²) in [7, 11) is -3.29. The van der Waals surface area contributed by atoms with Gasteiger partial charge in [0.1, 0.15) is 11.9 Å². The maximum Gasteiger partial charge on any atom is 0.243 e. The van der Waals surface area contributed by atoms with Gasteiger partial charge < -0.3 is 15.4 Å². The van der Waals surface area contributed by atoms with Crippen molar-refractivity contribution in [3.8, 4) is 17.0 Å². The number of sulfone groups is 1. The van der Waals surface area contributed by atoms with Crippen LogP contribution in [-0.4, -0.2) is 48.5 Å². The minimum atomic E-state index is -3.29. The van der Waals surface area contributed by atoms with Crippen molar-refractivity contribution in [2.24, 2.45) is 0 Å². The van der Waals surface area contributed by atoms with Crippen LogP contribution in [-0.2, 0) is 9.84 Å². The number of fused-ring (bicyclic) bond motifs is 1. The van der Waals surface area contributed by atoms with Crippen LogP contribution in [0.1, 0.15) is 12.8 Å². The molecule has 0 spiro atoms. The lowest BCUT2D eigenvalue weighted by molar-refractivity contribution is 0.170. The lowest BCUT2D eigenvalue weighted by Gasteiger charge is -2.32. The van der Waals surface area contributed by atoms with Crippen LogP contribution in [0.5, 0.6) is 5.75 Å². The summed E-state index contributed by atoms with van der Waals surface area (Å²) in [5.74, 6) is 1.43. The van der Waals surface area contributed by atoms with E-state index in [9.17, 15) is 8.42 Å². The molecule has 0 aliphatic carbocycles. The third-order valence-electron chi connectivity index (χ3n) is 5.83. The van der Waals surface area contributed by atoms with Crippen LogP contribution in [0.4, 0.5) is 11.6 Å². The number of nitrogens with two attached hydrogens (primary N) is 1. The molecular weight excluding hydrogens is 438 g/mol. The molecule has 8 nitrogen and oxygen atoms in total. The van der Waals surface area contributed by atoms with Crippen LogP contribution >= 0.6 is 0 Å². The van der Waals surface area contributed by atoms with Gasteiger partial charge in [-0.2, -0.15) is 0 Å². The Morgan fingerprint density at radius 3 is 2.58 bits per heavy atom. The summed E-state index contributed by atoms with van der Waals surface area (Å²) >= 11 is 0. The number of nitrogens with zero attached hydrogens (tertiary/aromatic N) is 4. The van der Waals surface area contributed by atoms with Gasteiger partial charge in [-0.3, -0.25) is 0 Å². The smallest absolute Gasteiger partial charge is 0.243 e. The average molecular weight is 464 g/mol. The fourth-order valence-electron chi connectivity index (χ4n) is 4.10. The first kappa shape index (κ1) is 21.3. The average Bonchev–Trinajstić information content (AvgIpc) is 3.22. The molecule has 0 amide bonds. The Morgan fingerprint density at radius 2 is 1.82 bits per heavy atom. The molecule has 1 saturated heterocycles. The third-order valence-corrected chi connectivity index (χ3v) is 6.94. The van der Waals surface area contributed by atoms with Gasteiger partial charge in [0.05, 0.1) is 22.3 Å². The van der Waals surface area contributed by atoms with Crippen LogP contribution in [0.2, 0.25) is 0 Å². The molecule has 0 radical (unpaired) electrons. The van der Waals surface area contributed by atoms with E-state index in [0.717, 1.165) is 48.5 Å². The summed E-state index contributed by atoms with van der Waals surface area (Å²) in [5.41, 5.74) is 8.99. The zero-order valence-electron chi connectivity index (χ0n) is 18.3. The van der Waals surface area contributed by atoms with Crippen molar-refractivity contribution in [3.05, 3.63) is 66.9 Å². The predicted octanol–water partition coefficient (Wildman–Crippen LogP) is 3.43. The second-order valence-corrected chi connectivity index (χ2v) is 10.3. The summed E-state index contributed by atoms with van der Waals surface area (Å²) in [6.07, 6.45) is 4.83. The van der Waals surface area contributed by atoms with E-state index >= 15 is 0 Å². The van der Waals surface area contributed by atoms with Crippen molar-refractivity contribution in [1.29, 1.82) is 0 Å². The Kier molecular flexibility index (Phi) is 5.41. The Bertz CT molecular complexity index is 1410. The standard InChI is InChI=1S/C24H25N5O3S/c1-33(30,31)22-7-2-4-17(14-22)23-9-8-19-16-26-24(27-29(19)23)28-12-10-20(11-13-28)32-21-6-3-5-18(25)15-21/h2-9,14-16,20H,10-13,25H2,1H3. The zero-order valence-corrected chi connectivity index (χ0v) is 19.1. The fourth-order valence-corrected chi connectivity index (χ4v) is 4.76. The first-order valence-corrected chi connectivity index (χ1v) is 12.7. The Labute approximate surface area is 192 Å². The minimum absolute atomic E-state index is 0.118. The molecule has 1 aliphatic heterocycles. The van der Waals surface area contributed by atoms with Gasteiger partial charge in [-0.15, -0.1) is 5.10 Å². The molecule has 0 atom stereocenters. The molecule has 2 N–H and O–H groups in total. The molecular formula is C24H25N5O3S. The van der Waals surface area contributed by atoms with Gasteiger partial charge in [0.15, 0.2) is 9.84 Å². The molecule has 0 saturated carbocycles. The molecule has 2 aromatic heterocycles. The maximum atomic E-state index is 12.0. The molecule has 2 aromatic carbocycles. The number of ether oxygens (including phenoxy) is 1. The summed E-state index contributed by atoms with van der Waals surface area (Å²) < 4.78 is 31.9. The molecule has 170 valence electrons. The molecule has 9 heteroatoms. The van der Waals surface area contributed by atoms with E-state index < -0.39 is 9.84 Å². The number of rotatable bonds is 5. The number of hydrogen-bond donors (Lipinski definition) is 1. The number of aromatic nitrogens is 3. The number of hydrogen-bond acceptors (Lipinski definition) is 7.